The summed E-state index contributed by atoms with van der Waals surface area (Å²) in [6, 6.07) is 4.42. The van der Waals surface area contributed by atoms with Crippen molar-refractivity contribution >= 4 is 21.6 Å². The van der Waals surface area contributed by atoms with Gasteiger partial charge >= 0.3 is 0 Å². The number of nitrogens with one attached hydrogen (secondary N) is 2. The van der Waals surface area contributed by atoms with Crippen molar-refractivity contribution in [2.24, 2.45) is 5.92 Å². The van der Waals surface area contributed by atoms with Crippen LogP contribution in [0.1, 0.15) is 20.8 Å². The molecule has 0 fully saturated rings. The zero-order chi connectivity index (χ0) is 14.9. The van der Waals surface area contributed by atoms with Crippen molar-refractivity contribution in [3.63, 3.8) is 0 Å². The molecule has 0 aliphatic carbocycles. The van der Waals surface area contributed by atoms with Crippen molar-refractivity contribution in [3.05, 3.63) is 18.2 Å². The Morgan fingerprint density at radius 1 is 1.40 bits per heavy atom. The second-order valence-electron chi connectivity index (χ2n) is 5.15. The highest BCUT2D eigenvalue weighted by Crippen LogP contribution is 2.31. The van der Waals surface area contributed by atoms with Crippen LogP contribution in [0.2, 0.25) is 0 Å². The molecule has 0 aromatic heterocycles. The monoisotopic (exact) mass is 298 g/mol. The Bertz CT molecular complexity index is 625. The molecule has 1 atom stereocenters. The quantitative estimate of drug-likeness (QED) is 0.878. The second kappa shape index (κ2) is 5.41. The molecule has 1 unspecified atom stereocenters. The van der Waals surface area contributed by atoms with Gasteiger partial charge in [0.2, 0.25) is 10.0 Å². The van der Waals surface area contributed by atoms with Gasteiger partial charge in [-0.1, -0.05) is 13.8 Å². The Balaban J connectivity index is 2.27. The van der Waals surface area contributed by atoms with Crippen molar-refractivity contribution in [2.45, 2.75) is 31.8 Å². The summed E-state index contributed by atoms with van der Waals surface area (Å²) in [5.41, 5.74) is 0.375. The molecule has 7 heteroatoms. The maximum absolute atomic E-state index is 12.1. The zero-order valence-corrected chi connectivity index (χ0v) is 12.5. The van der Waals surface area contributed by atoms with Gasteiger partial charge in [0.25, 0.3) is 5.91 Å². The van der Waals surface area contributed by atoms with E-state index >= 15 is 0 Å². The molecule has 2 rings (SSSR count). The van der Waals surface area contributed by atoms with Crippen LogP contribution < -0.4 is 14.8 Å². The van der Waals surface area contributed by atoms with E-state index in [0.717, 1.165) is 0 Å². The third-order valence-electron chi connectivity index (χ3n) is 2.87. The number of benzene rings is 1. The number of ether oxygens (including phenoxy) is 1. The molecule has 1 heterocycles. The van der Waals surface area contributed by atoms with Crippen LogP contribution in [0.5, 0.6) is 5.75 Å². The largest absolute Gasteiger partial charge is 0.479 e. The molecule has 0 spiro atoms. The highest BCUT2D eigenvalue weighted by atomic mass is 32.2. The number of carbonyl (C=O) groups is 1. The summed E-state index contributed by atoms with van der Waals surface area (Å²) in [4.78, 5) is 11.6. The lowest BCUT2D eigenvalue weighted by Crippen LogP contribution is -2.34. The molecule has 6 nitrogen and oxygen atoms in total. The summed E-state index contributed by atoms with van der Waals surface area (Å²) in [7, 11) is -3.58. The molecular formula is C13H18N2O4S. The number of amides is 1. The van der Waals surface area contributed by atoms with Crippen molar-refractivity contribution in [2.75, 3.05) is 11.9 Å². The van der Waals surface area contributed by atoms with Crippen LogP contribution in [0.25, 0.3) is 0 Å². The summed E-state index contributed by atoms with van der Waals surface area (Å²) in [5, 5.41) is 2.63. The third-order valence-corrected chi connectivity index (χ3v) is 4.30. The SMILES string of the molecule is CC(C)CNS(=O)(=O)c1ccc2c(c1)NC(=O)C(C)O2. The van der Waals surface area contributed by atoms with E-state index in [9.17, 15) is 13.2 Å². The smallest absolute Gasteiger partial charge is 0.265 e. The number of sulfonamides is 1. The highest BCUT2D eigenvalue weighted by Gasteiger charge is 2.25. The van der Waals surface area contributed by atoms with Crippen LogP contribution in [0, 0.1) is 5.92 Å². The van der Waals surface area contributed by atoms with Gasteiger partial charge in [-0.15, -0.1) is 0 Å². The third kappa shape index (κ3) is 3.10. The van der Waals surface area contributed by atoms with E-state index in [1.54, 1.807) is 13.0 Å². The van der Waals surface area contributed by atoms with Crippen LogP contribution in [-0.4, -0.2) is 27.0 Å². The van der Waals surface area contributed by atoms with Gasteiger partial charge in [0.05, 0.1) is 10.6 Å². The van der Waals surface area contributed by atoms with Gasteiger partial charge in [-0.25, -0.2) is 13.1 Å². The molecule has 0 bridgehead atoms. The Kier molecular flexibility index (Phi) is 4.01. The van der Waals surface area contributed by atoms with Crippen LogP contribution in [0.3, 0.4) is 0 Å². The van der Waals surface area contributed by atoms with Gasteiger partial charge in [-0.2, -0.15) is 0 Å². The standard InChI is InChI=1S/C13H18N2O4S/c1-8(2)7-14-20(17,18)10-4-5-12-11(6-10)15-13(16)9(3)19-12/h4-6,8-9,14H,7H2,1-3H3,(H,15,16). The van der Waals surface area contributed by atoms with Gasteiger partial charge < -0.3 is 10.1 Å². The molecule has 20 heavy (non-hydrogen) atoms. The zero-order valence-electron chi connectivity index (χ0n) is 11.6. The first kappa shape index (κ1) is 14.8. The number of hydrogen-bond acceptors (Lipinski definition) is 4. The number of carbonyl (C=O) groups excluding carboxylic acids is 1. The van der Waals surface area contributed by atoms with E-state index in [1.165, 1.54) is 12.1 Å². The molecule has 0 radical (unpaired) electrons. The van der Waals surface area contributed by atoms with E-state index in [-0.39, 0.29) is 16.7 Å². The Hall–Kier alpha value is -1.60. The van der Waals surface area contributed by atoms with Crippen molar-refractivity contribution in [3.8, 4) is 5.75 Å². The number of fused-ring (bicyclic) bond motifs is 1. The molecule has 1 aromatic rings. The molecule has 0 saturated heterocycles. The van der Waals surface area contributed by atoms with E-state index in [1.807, 2.05) is 13.8 Å². The summed E-state index contributed by atoms with van der Waals surface area (Å²) >= 11 is 0. The minimum atomic E-state index is -3.58. The first-order valence-electron chi connectivity index (χ1n) is 6.41. The Morgan fingerprint density at radius 3 is 2.75 bits per heavy atom. The molecule has 110 valence electrons. The predicted molar refractivity (Wildman–Crippen MR) is 75.2 cm³/mol. The van der Waals surface area contributed by atoms with Crippen LogP contribution >= 0.6 is 0 Å². The van der Waals surface area contributed by atoms with Gasteiger partial charge in [-0.05, 0) is 31.0 Å². The number of hydrogen-bond donors (Lipinski definition) is 2. The average Bonchev–Trinajstić information content (AvgIpc) is 2.37. The molecule has 1 amide bonds. The minimum absolute atomic E-state index is 0.107. The fraction of sp³-hybridized carbons (Fsp3) is 0.462. The van der Waals surface area contributed by atoms with Crippen LogP contribution in [-0.2, 0) is 14.8 Å². The van der Waals surface area contributed by atoms with E-state index in [0.29, 0.717) is 18.0 Å². The molecule has 1 aliphatic heterocycles. The first-order chi connectivity index (χ1) is 9.29. The highest BCUT2D eigenvalue weighted by molar-refractivity contribution is 7.89. The van der Waals surface area contributed by atoms with Crippen molar-refractivity contribution < 1.29 is 17.9 Å². The molecule has 1 aromatic carbocycles. The van der Waals surface area contributed by atoms with Crippen LogP contribution in [0.4, 0.5) is 5.69 Å². The number of anilines is 1. The van der Waals surface area contributed by atoms with Gasteiger partial charge in [0, 0.05) is 6.54 Å². The van der Waals surface area contributed by atoms with E-state index < -0.39 is 16.1 Å². The maximum Gasteiger partial charge on any atom is 0.265 e. The average molecular weight is 298 g/mol. The summed E-state index contributed by atoms with van der Waals surface area (Å²) in [6.07, 6.45) is -0.580. The van der Waals surface area contributed by atoms with Crippen LogP contribution in [0.15, 0.2) is 23.1 Å². The molecule has 2 N–H and O–H groups in total. The Labute approximate surface area is 118 Å². The summed E-state index contributed by atoms with van der Waals surface area (Å²) < 4.78 is 32.1. The fourth-order valence-electron chi connectivity index (χ4n) is 1.71. The van der Waals surface area contributed by atoms with Crippen molar-refractivity contribution in [1.82, 2.24) is 4.72 Å². The van der Waals surface area contributed by atoms with Gasteiger partial charge in [-0.3, -0.25) is 4.79 Å². The lowest BCUT2D eigenvalue weighted by atomic mass is 10.2. The summed E-state index contributed by atoms with van der Waals surface area (Å²) in [5.74, 6) is 0.397. The van der Waals surface area contributed by atoms with E-state index in [2.05, 4.69) is 10.0 Å². The predicted octanol–water partition coefficient (Wildman–Crippen LogP) is 1.34. The minimum Gasteiger partial charge on any atom is -0.479 e. The lowest BCUT2D eigenvalue weighted by molar-refractivity contribution is -0.122. The molecule has 0 saturated carbocycles. The molecule has 1 aliphatic rings. The first-order valence-corrected chi connectivity index (χ1v) is 7.89. The Morgan fingerprint density at radius 2 is 2.10 bits per heavy atom. The van der Waals surface area contributed by atoms with Crippen molar-refractivity contribution in [1.29, 1.82) is 0 Å². The van der Waals surface area contributed by atoms with Gasteiger partial charge in [0.15, 0.2) is 6.10 Å². The lowest BCUT2D eigenvalue weighted by Gasteiger charge is -2.23. The second-order valence-corrected chi connectivity index (χ2v) is 6.92. The number of rotatable bonds is 4. The van der Waals surface area contributed by atoms with Gasteiger partial charge in [0.1, 0.15) is 5.75 Å². The molecular weight excluding hydrogens is 280 g/mol. The fourth-order valence-corrected chi connectivity index (χ4v) is 2.95. The normalized spacial score (nSPS) is 18.4. The maximum atomic E-state index is 12.1. The topological polar surface area (TPSA) is 84.5 Å². The summed E-state index contributed by atoms with van der Waals surface area (Å²) in [6.45, 7) is 5.84. The van der Waals surface area contributed by atoms with E-state index in [4.69, 9.17) is 4.74 Å².